The third kappa shape index (κ3) is 3.78. The van der Waals surface area contributed by atoms with E-state index in [0.29, 0.717) is 5.56 Å². The molecule has 0 radical (unpaired) electrons. The number of para-hydroxylation sites is 1. The summed E-state index contributed by atoms with van der Waals surface area (Å²) in [5, 5.41) is 22.4. The van der Waals surface area contributed by atoms with Crippen LogP contribution < -0.4 is 9.47 Å². The van der Waals surface area contributed by atoms with Crippen molar-refractivity contribution in [3.63, 3.8) is 0 Å². The van der Waals surface area contributed by atoms with Crippen LogP contribution in [0.4, 0.5) is 11.4 Å². The highest BCUT2D eigenvalue weighted by Crippen LogP contribution is 2.29. The van der Waals surface area contributed by atoms with Gasteiger partial charge in [-0.05, 0) is 37.5 Å². The van der Waals surface area contributed by atoms with E-state index in [1.165, 1.54) is 48.5 Å². The molecule has 0 spiro atoms. The lowest BCUT2D eigenvalue weighted by molar-refractivity contribution is -0.646. The number of nitro groups is 1. The first-order valence-electron chi connectivity index (χ1n) is 9.87. The normalized spacial score (nSPS) is 14.6. The summed E-state index contributed by atoms with van der Waals surface area (Å²) >= 11 is 0. The van der Waals surface area contributed by atoms with Crippen LogP contribution in [0.5, 0.6) is 5.75 Å². The number of fused-ring (bicyclic) bond motifs is 1. The quantitative estimate of drug-likeness (QED) is 0.406. The molecule has 2 heterocycles. The first-order chi connectivity index (χ1) is 14.0. The Balaban J connectivity index is 1.80. The molecule has 0 saturated carbocycles. The first kappa shape index (κ1) is 18.9. The van der Waals surface area contributed by atoms with Crippen molar-refractivity contribution in [3.8, 4) is 5.75 Å². The Morgan fingerprint density at radius 2 is 1.83 bits per heavy atom. The van der Waals surface area contributed by atoms with Gasteiger partial charge in [0.25, 0.3) is 5.69 Å². The van der Waals surface area contributed by atoms with Crippen LogP contribution in [0.3, 0.4) is 0 Å². The van der Waals surface area contributed by atoms with Crippen LogP contribution in [0.15, 0.2) is 48.5 Å². The van der Waals surface area contributed by atoms with E-state index in [9.17, 15) is 15.2 Å². The molecule has 3 aromatic rings. The third-order valence-electron chi connectivity index (χ3n) is 5.57. The van der Waals surface area contributed by atoms with E-state index >= 15 is 0 Å². The van der Waals surface area contributed by atoms with E-state index in [4.69, 9.17) is 0 Å². The third-order valence-corrected chi connectivity index (χ3v) is 5.57. The molecule has 29 heavy (non-hydrogen) atoms. The highest BCUT2D eigenvalue weighted by molar-refractivity contribution is 5.91. The topological polar surface area (TPSA) is 70.5 Å². The fraction of sp³-hybridized carbons (Fsp3) is 0.261. The highest BCUT2D eigenvalue weighted by atomic mass is 16.6. The zero-order valence-corrected chi connectivity index (χ0v) is 16.4. The summed E-state index contributed by atoms with van der Waals surface area (Å²) in [4.78, 5) is 13.0. The Morgan fingerprint density at radius 1 is 1.07 bits per heavy atom. The minimum Gasteiger partial charge on any atom is -0.507 e. The molecule has 6 heteroatoms. The molecule has 1 aromatic heterocycles. The molecule has 1 saturated heterocycles. The fourth-order valence-corrected chi connectivity index (χ4v) is 3.96. The van der Waals surface area contributed by atoms with Crippen molar-refractivity contribution in [1.29, 1.82) is 0 Å². The molecule has 2 aromatic carbocycles. The molecule has 1 aliphatic rings. The smallest absolute Gasteiger partial charge is 0.270 e. The predicted molar refractivity (Wildman–Crippen MR) is 115 cm³/mol. The number of aromatic hydroxyl groups is 1. The summed E-state index contributed by atoms with van der Waals surface area (Å²) in [6, 6.07) is 14.6. The molecule has 1 fully saturated rings. The van der Waals surface area contributed by atoms with Gasteiger partial charge < -0.3 is 10.0 Å². The number of hydrogen-bond donors (Lipinski definition) is 1. The van der Waals surface area contributed by atoms with E-state index in [2.05, 4.69) is 33.7 Å². The maximum Gasteiger partial charge on any atom is 0.270 e. The number of benzene rings is 2. The van der Waals surface area contributed by atoms with E-state index in [0.717, 1.165) is 24.3 Å². The second-order valence-corrected chi connectivity index (χ2v) is 7.41. The van der Waals surface area contributed by atoms with Gasteiger partial charge in [0.2, 0.25) is 11.2 Å². The molecule has 4 rings (SSSR count). The van der Waals surface area contributed by atoms with Crippen LogP contribution in [0.2, 0.25) is 0 Å². The summed E-state index contributed by atoms with van der Waals surface area (Å²) in [6.07, 6.45) is 7.29. The van der Waals surface area contributed by atoms with Crippen molar-refractivity contribution in [1.82, 2.24) is 0 Å². The van der Waals surface area contributed by atoms with E-state index in [1.54, 1.807) is 6.08 Å². The maximum absolute atomic E-state index is 11.0. The Hall–Kier alpha value is -3.41. The average Bonchev–Trinajstić information content (AvgIpc) is 2.75. The van der Waals surface area contributed by atoms with Crippen molar-refractivity contribution in [3.05, 3.63) is 69.9 Å². The zero-order valence-electron chi connectivity index (χ0n) is 16.4. The zero-order chi connectivity index (χ0) is 20.4. The monoisotopic (exact) mass is 390 g/mol. The van der Waals surface area contributed by atoms with Gasteiger partial charge in [-0.1, -0.05) is 12.1 Å². The van der Waals surface area contributed by atoms with Crippen molar-refractivity contribution >= 4 is 34.4 Å². The van der Waals surface area contributed by atoms with Gasteiger partial charge >= 0.3 is 0 Å². The Kier molecular flexibility index (Phi) is 5.16. The lowest BCUT2D eigenvalue weighted by atomic mass is 10.1. The lowest BCUT2D eigenvalue weighted by Crippen LogP contribution is -2.35. The van der Waals surface area contributed by atoms with E-state index < -0.39 is 4.92 Å². The van der Waals surface area contributed by atoms with E-state index in [1.807, 2.05) is 19.2 Å². The molecular weight excluding hydrogens is 366 g/mol. The fourth-order valence-electron chi connectivity index (χ4n) is 3.96. The molecule has 6 nitrogen and oxygen atoms in total. The van der Waals surface area contributed by atoms with Crippen LogP contribution in [0, 0.1) is 10.1 Å². The van der Waals surface area contributed by atoms with E-state index in [-0.39, 0.29) is 11.4 Å². The summed E-state index contributed by atoms with van der Waals surface area (Å²) < 4.78 is 2.10. The van der Waals surface area contributed by atoms with Gasteiger partial charge in [0.05, 0.1) is 16.0 Å². The number of rotatable bonds is 4. The number of nitro benzene ring substituents is 1. The lowest BCUT2D eigenvalue weighted by Gasteiger charge is -2.29. The van der Waals surface area contributed by atoms with Gasteiger partial charge in [-0.15, -0.1) is 0 Å². The largest absolute Gasteiger partial charge is 0.507 e. The van der Waals surface area contributed by atoms with Crippen molar-refractivity contribution < 1.29 is 14.6 Å². The Bertz CT molecular complexity index is 1100. The standard InChI is InChI=1S/C23H23N3O3/c1-24-18(10-9-17-15-19(26(28)29)11-12-23(17)27)16-22(25-13-5-2-6-14-25)20-7-3-4-8-21(20)24/h3-4,7-12,15-16H,2,5-6,13-14H2,1H3/p+1. The van der Waals surface area contributed by atoms with Gasteiger partial charge in [0, 0.05) is 49.0 Å². The summed E-state index contributed by atoms with van der Waals surface area (Å²) in [7, 11) is 2.01. The van der Waals surface area contributed by atoms with Gasteiger partial charge in [0.15, 0.2) is 0 Å². The van der Waals surface area contributed by atoms with Crippen LogP contribution in [-0.2, 0) is 7.05 Å². The first-order valence-corrected chi connectivity index (χ1v) is 9.87. The number of hydrogen-bond acceptors (Lipinski definition) is 4. The summed E-state index contributed by atoms with van der Waals surface area (Å²) in [5.74, 6) is 0.0200. The summed E-state index contributed by atoms with van der Waals surface area (Å²) in [5.41, 5.74) is 3.68. The number of phenolic OH excluding ortho intramolecular Hbond substituents is 1. The molecule has 0 amide bonds. The van der Waals surface area contributed by atoms with Crippen LogP contribution >= 0.6 is 0 Å². The molecular formula is C23H24N3O3+. The van der Waals surface area contributed by atoms with Gasteiger partial charge in [-0.25, -0.2) is 0 Å². The number of pyridine rings is 1. The maximum atomic E-state index is 11.0. The number of nitrogens with zero attached hydrogens (tertiary/aromatic N) is 3. The van der Waals surface area contributed by atoms with Crippen molar-refractivity contribution in [2.24, 2.45) is 7.05 Å². The van der Waals surface area contributed by atoms with Gasteiger partial charge in [-0.3, -0.25) is 10.1 Å². The Labute approximate surface area is 169 Å². The van der Waals surface area contributed by atoms with Crippen LogP contribution in [0.1, 0.15) is 30.5 Å². The molecule has 1 N–H and O–H groups in total. The second kappa shape index (κ2) is 7.91. The number of aromatic nitrogens is 1. The van der Waals surface area contributed by atoms with Crippen molar-refractivity contribution in [2.75, 3.05) is 18.0 Å². The molecule has 1 aliphatic heterocycles. The molecule has 0 atom stereocenters. The number of non-ortho nitro benzene ring substituents is 1. The second-order valence-electron chi connectivity index (χ2n) is 7.41. The molecule has 0 aliphatic carbocycles. The highest BCUT2D eigenvalue weighted by Gasteiger charge is 2.20. The number of piperidine rings is 1. The molecule has 0 bridgehead atoms. The van der Waals surface area contributed by atoms with Crippen molar-refractivity contribution in [2.45, 2.75) is 19.3 Å². The minimum absolute atomic E-state index is 0.0200. The Morgan fingerprint density at radius 3 is 2.59 bits per heavy atom. The number of anilines is 1. The van der Waals surface area contributed by atoms with Gasteiger partial charge in [0.1, 0.15) is 12.8 Å². The minimum atomic E-state index is -0.457. The van der Waals surface area contributed by atoms with Gasteiger partial charge in [-0.2, -0.15) is 4.57 Å². The number of aryl methyl sites for hydroxylation is 1. The predicted octanol–water partition coefficient (Wildman–Crippen LogP) is 4.44. The molecule has 148 valence electrons. The van der Waals surface area contributed by atoms with Crippen LogP contribution in [-0.4, -0.2) is 23.1 Å². The van der Waals surface area contributed by atoms with Crippen LogP contribution in [0.25, 0.3) is 23.1 Å². The number of phenols is 1. The molecule has 0 unspecified atom stereocenters. The summed E-state index contributed by atoms with van der Waals surface area (Å²) in [6.45, 7) is 2.10. The average molecular weight is 390 g/mol. The SMILES string of the molecule is C[n+]1c(/C=C/c2cc([N+](=O)[O-])ccc2O)cc(N2CCCCC2)c2ccccc21.